The van der Waals surface area contributed by atoms with E-state index in [1.165, 1.54) is 6.26 Å². The highest BCUT2D eigenvalue weighted by Gasteiger charge is 2.24. The van der Waals surface area contributed by atoms with Gasteiger partial charge < -0.3 is 14.2 Å². The van der Waals surface area contributed by atoms with Crippen LogP contribution < -0.4 is 4.90 Å². The largest absolute Gasteiger partial charge is 0.443 e. The van der Waals surface area contributed by atoms with Crippen LogP contribution in [0.2, 0.25) is 5.02 Å². The molecule has 1 amide bonds. The van der Waals surface area contributed by atoms with Crippen LogP contribution in [0.4, 0.5) is 5.69 Å². The Labute approximate surface area is 184 Å². The van der Waals surface area contributed by atoms with Crippen molar-refractivity contribution in [1.29, 1.82) is 0 Å². The molecule has 1 aliphatic heterocycles. The molecule has 4 aromatic rings. The highest BCUT2D eigenvalue weighted by molar-refractivity contribution is 6.31. The summed E-state index contributed by atoms with van der Waals surface area (Å²) in [7, 11) is 0. The highest BCUT2D eigenvalue weighted by atomic mass is 35.5. The average Bonchev–Trinajstić information content (AvgIpc) is 3.43. The summed E-state index contributed by atoms with van der Waals surface area (Å²) in [5.74, 6) is 0.449. The van der Waals surface area contributed by atoms with Gasteiger partial charge in [0.25, 0.3) is 0 Å². The summed E-state index contributed by atoms with van der Waals surface area (Å²) in [4.78, 5) is 25.6. The van der Waals surface area contributed by atoms with Crippen LogP contribution in [0.3, 0.4) is 0 Å². The molecular formula is C22H21ClN6O2. The van der Waals surface area contributed by atoms with E-state index in [1.807, 2.05) is 30.0 Å². The number of oxazole rings is 1. The van der Waals surface area contributed by atoms with Crippen molar-refractivity contribution < 1.29 is 9.21 Å². The van der Waals surface area contributed by atoms with Crippen LogP contribution in [0.15, 0.2) is 53.5 Å². The Bertz CT molecular complexity index is 1230. The Hall–Kier alpha value is -3.39. The average molecular weight is 437 g/mol. The topological polar surface area (TPSA) is 80.3 Å². The van der Waals surface area contributed by atoms with Gasteiger partial charge in [-0.05, 0) is 36.8 Å². The lowest BCUT2D eigenvalue weighted by atomic mass is 10.2. The summed E-state index contributed by atoms with van der Waals surface area (Å²) in [5.41, 5.74) is 3.57. The van der Waals surface area contributed by atoms with Gasteiger partial charge in [0.05, 0.1) is 12.4 Å². The van der Waals surface area contributed by atoms with Crippen LogP contribution in [0.1, 0.15) is 5.56 Å². The molecule has 5 rings (SSSR count). The van der Waals surface area contributed by atoms with E-state index in [1.54, 1.807) is 23.3 Å². The van der Waals surface area contributed by atoms with Gasteiger partial charge in [-0.25, -0.2) is 9.67 Å². The molecule has 1 fully saturated rings. The predicted octanol–water partition coefficient (Wildman–Crippen LogP) is 3.40. The number of aromatic nitrogens is 4. The maximum absolute atomic E-state index is 13.1. The van der Waals surface area contributed by atoms with Crippen molar-refractivity contribution in [2.24, 2.45) is 0 Å². The molecule has 0 atom stereocenters. The van der Waals surface area contributed by atoms with Crippen LogP contribution in [0.5, 0.6) is 0 Å². The summed E-state index contributed by atoms with van der Waals surface area (Å²) in [6, 6.07) is 7.89. The van der Waals surface area contributed by atoms with Crippen molar-refractivity contribution >= 4 is 34.1 Å². The molecule has 1 aromatic carbocycles. The van der Waals surface area contributed by atoms with Crippen molar-refractivity contribution in [3.8, 4) is 11.6 Å². The molecule has 4 heterocycles. The number of fused-ring (bicyclic) bond motifs is 1. The van der Waals surface area contributed by atoms with E-state index in [0.29, 0.717) is 30.2 Å². The first-order chi connectivity index (χ1) is 15.1. The highest BCUT2D eigenvalue weighted by Crippen LogP contribution is 2.27. The molecule has 0 radical (unpaired) electrons. The fourth-order valence-electron chi connectivity index (χ4n) is 3.93. The van der Waals surface area contributed by atoms with Gasteiger partial charge in [-0.15, -0.1) is 0 Å². The van der Waals surface area contributed by atoms with E-state index in [-0.39, 0.29) is 12.5 Å². The number of piperazine rings is 1. The summed E-state index contributed by atoms with van der Waals surface area (Å²) >= 11 is 6.15. The van der Waals surface area contributed by atoms with Gasteiger partial charge in [0.1, 0.15) is 24.0 Å². The molecule has 8 nitrogen and oxygen atoms in total. The standard InChI is InChI=1S/C22H21ClN6O2/c1-15-12-16(2-3-18(15)23)27-7-9-28(10-8-27)20(30)14-29-21(22-25-6-11-31-22)17-4-5-24-13-19(17)26-29/h2-6,11-13H,7-10,14H2,1H3. The Morgan fingerprint density at radius 1 is 1.16 bits per heavy atom. The molecule has 0 saturated carbocycles. The number of carbonyl (C=O) groups excluding carboxylic acids is 1. The van der Waals surface area contributed by atoms with Gasteiger partial charge >= 0.3 is 0 Å². The molecule has 3 aromatic heterocycles. The van der Waals surface area contributed by atoms with Crippen LogP contribution >= 0.6 is 11.6 Å². The number of hydrogen-bond donors (Lipinski definition) is 0. The van der Waals surface area contributed by atoms with Crippen LogP contribution in [0.25, 0.3) is 22.5 Å². The Morgan fingerprint density at radius 3 is 2.74 bits per heavy atom. The van der Waals surface area contributed by atoms with Crippen molar-refractivity contribution in [1.82, 2.24) is 24.6 Å². The maximum atomic E-state index is 13.1. The fourth-order valence-corrected chi connectivity index (χ4v) is 4.05. The van der Waals surface area contributed by atoms with E-state index in [9.17, 15) is 4.79 Å². The number of hydrogen-bond acceptors (Lipinski definition) is 6. The Morgan fingerprint density at radius 2 is 2.00 bits per heavy atom. The van der Waals surface area contributed by atoms with E-state index in [4.69, 9.17) is 16.0 Å². The lowest BCUT2D eigenvalue weighted by Crippen LogP contribution is -2.49. The number of nitrogens with zero attached hydrogens (tertiary/aromatic N) is 6. The molecule has 0 aliphatic carbocycles. The van der Waals surface area contributed by atoms with Crippen molar-refractivity contribution in [3.05, 3.63) is 59.7 Å². The number of pyridine rings is 1. The fraction of sp³-hybridized carbons (Fsp3) is 0.273. The van der Waals surface area contributed by atoms with E-state index in [0.717, 1.165) is 34.7 Å². The number of carbonyl (C=O) groups is 1. The number of aryl methyl sites for hydroxylation is 1. The molecule has 31 heavy (non-hydrogen) atoms. The minimum Gasteiger partial charge on any atom is -0.443 e. The Kier molecular flexibility index (Phi) is 5.07. The van der Waals surface area contributed by atoms with E-state index in [2.05, 4.69) is 26.0 Å². The lowest BCUT2D eigenvalue weighted by molar-refractivity contribution is -0.132. The monoisotopic (exact) mass is 436 g/mol. The molecule has 0 spiro atoms. The minimum absolute atomic E-state index is 0.0144. The molecular weight excluding hydrogens is 416 g/mol. The summed E-state index contributed by atoms with van der Waals surface area (Å²) in [5, 5.41) is 6.19. The van der Waals surface area contributed by atoms with Crippen molar-refractivity contribution in [2.45, 2.75) is 13.5 Å². The van der Waals surface area contributed by atoms with E-state index < -0.39 is 0 Å². The second kappa shape index (κ2) is 8.03. The predicted molar refractivity (Wildman–Crippen MR) is 118 cm³/mol. The minimum atomic E-state index is 0.0144. The van der Waals surface area contributed by atoms with Gasteiger partial charge in [0.15, 0.2) is 0 Å². The second-order valence-electron chi connectivity index (χ2n) is 7.54. The SMILES string of the molecule is Cc1cc(N2CCN(C(=O)Cn3nc4cnccc4c3-c3ncco3)CC2)ccc1Cl. The zero-order valence-corrected chi connectivity index (χ0v) is 17.8. The van der Waals surface area contributed by atoms with Gasteiger partial charge in [-0.2, -0.15) is 5.10 Å². The van der Waals surface area contributed by atoms with Crippen LogP contribution in [-0.2, 0) is 11.3 Å². The van der Waals surface area contributed by atoms with Gasteiger partial charge in [0, 0.05) is 48.5 Å². The van der Waals surface area contributed by atoms with Gasteiger partial charge in [0.2, 0.25) is 11.8 Å². The molecule has 1 saturated heterocycles. The number of halogens is 1. The molecule has 1 aliphatic rings. The first kappa shape index (κ1) is 19.6. The molecule has 0 bridgehead atoms. The van der Waals surface area contributed by atoms with Crippen LogP contribution in [-0.4, -0.2) is 56.7 Å². The molecule has 158 valence electrons. The maximum Gasteiger partial charge on any atom is 0.245 e. The molecule has 0 N–H and O–H groups in total. The zero-order chi connectivity index (χ0) is 21.4. The molecule has 9 heteroatoms. The summed E-state index contributed by atoms with van der Waals surface area (Å²) in [6.07, 6.45) is 6.47. The number of anilines is 1. The number of benzene rings is 1. The lowest BCUT2D eigenvalue weighted by Gasteiger charge is -2.36. The second-order valence-corrected chi connectivity index (χ2v) is 7.94. The first-order valence-corrected chi connectivity index (χ1v) is 10.5. The normalized spacial score (nSPS) is 14.4. The summed E-state index contributed by atoms with van der Waals surface area (Å²) in [6.45, 7) is 4.95. The van der Waals surface area contributed by atoms with E-state index >= 15 is 0 Å². The van der Waals surface area contributed by atoms with Gasteiger partial charge in [-0.1, -0.05) is 11.6 Å². The summed E-state index contributed by atoms with van der Waals surface area (Å²) < 4.78 is 7.16. The van der Waals surface area contributed by atoms with Gasteiger partial charge in [-0.3, -0.25) is 9.78 Å². The zero-order valence-electron chi connectivity index (χ0n) is 17.0. The number of amides is 1. The smallest absolute Gasteiger partial charge is 0.245 e. The first-order valence-electron chi connectivity index (χ1n) is 10.1. The van der Waals surface area contributed by atoms with Crippen LogP contribution in [0, 0.1) is 6.92 Å². The third kappa shape index (κ3) is 3.74. The Balaban J connectivity index is 1.32. The third-order valence-corrected chi connectivity index (χ3v) is 6.02. The quantitative estimate of drug-likeness (QED) is 0.487. The van der Waals surface area contributed by atoms with Crippen molar-refractivity contribution in [2.75, 3.05) is 31.1 Å². The number of rotatable bonds is 4. The van der Waals surface area contributed by atoms with Crippen molar-refractivity contribution in [3.63, 3.8) is 0 Å². The molecule has 0 unspecified atom stereocenters. The third-order valence-electron chi connectivity index (χ3n) is 5.60.